The van der Waals surface area contributed by atoms with Crippen LogP contribution in [0.25, 0.3) is 6.08 Å². The van der Waals surface area contributed by atoms with E-state index in [2.05, 4.69) is 10.6 Å². The highest BCUT2D eigenvalue weighted by atomic mass is 32.2. The van der Waals surface area contributed by atoms with Gasteiger partial charge in [-0.2, -0.15) is 0 Å². The summed E-state index contributed by atoms with van der Waals surface area (Å²) in [6, 6.07) is 9.43. The molecule has 0 aliphatic rings. The van der Waals surface area contributed by atoms with Gasteiger partial charge in [0.1, 0.15) is 24.4 Å². The van der Waals surface area contributed by atoms with Crippen LogP contribution in [0.3, 0.4) is 0 Å². The van der Waals surface area contributed by atoms with Crippen LogP contribution in [0.1, 0.15) is 29.2 Å². The van der Waals surface area contributed by atoms with Gasteiger partial charge in [-0.1, -0.05) is 42.5 Å². The van der Waals surface area contributed by atoms with E-state index in [1.165, 1.54) is 31.0 Å². The van der Waals surface area contributed by atoms with Crippen LogP contribution < -0.4 is 21.1 Å². The van der Waals surface area contributed by atoms with Crippen molar-refractivity contribution < 1.29 is 44.3 Å². The molecule has 13 heteroatoms. The number of carbonyl (C=O) groups excluding carboxylic acids is 2. The first-order valence-corrected chi connectivity index (χ1v) is 12.8. The minimum atomic E-state index is -1.28. The quantitative estimate of drug-likeness (QED) is 0.155. The zero-order chi connectivity index (χ0) is 28.9. The molecule has 0 heterocycles. The third kappa shape index (κ3) is 10.2. The molecule has 0 bridgehead atoms. The molecule has 39 heavy (non-hydrogen) atoms. The fraction of sp³-hybridized carbons (Fsp3) is 0.308. The summed E-state index contributed by atoms with van der Waals surface area (Å²) in [5.41, 5.74) is 6.78. The number of rotatable bonds is 15. The first-order valence-electron chi connectivity index (χ1n) is 11.7. The molecule has 3 atom stereocenters. The Bertz CT molecular complexity index is 1190. The zero-order valence-corrected chi connectivity index (χ0v) is 21.9. The predicted molar refractivity (Wildman–Crippen MR) is 144 cm³/mol. The molecule has 3 unspecified atom stereocenters. The standard InChI is InChI=1S/C26H31N3O9S/c1-38-21-12-20(31)19(30)11-16(21)22(9-7-15-5-3-2-4-6-15)39-14-18(25(35)28-13-24(33)34)29-23(32)10-8-17(27)26(36)37/h2-7,9,11-12,17-18,22,30-31H,8,10,13-14,27H2,1H3,(H,28,35)(H,29,32)(H,33,34)(H,36,37)/b9-7+. The SMILES string of the molecule is COc1cc(O)c(O)cc1C(/C=C/c1ccccc1)SCC(NC(=O)CCC(N)C(=O)O)C(=O)NCC(=O)O. The molecule has 0 aliphatic heterocycles. The second-order valence-corrected chi connectivity index (χ2v) is 9.50. The zero-order valence-electron chi connectivity index (χ0n) is 21.1. The molecular formula is C26H31N3O9S. The van der Waals surface area contributed by atoms with E-state index in [4.69, 9.17) is 20.7 Å². The van der Waals surface area contributed by atoms with E-state index in [1.807, 2.05) is 36.4 Å². The van der Waals surface area contributed by atoms with Crippen LogP contribution in [-0.4, -0.2) is 75.7 Å². The number of carboxylic acids is 2. The van der Waals surface area contributed by atoms with E-state index in [1.54, 1.807) is 6.08 Å². The molecule has 0 aliphatic carbocycles. The molecule has 0 aromatic heterocycles. The van der Waals surface area contributed by atoms with Crippen molar-refractivity contribution in [1.82, 2.24) is 10.6 Å². The van der Waals surface area contributed by atoms with Gasteiger partial charge < -0.3 is 41.5 Å². The number of carboxylic acid groups (broad SMARTS) is 2. The maximum Gasteiger partial charge on any atom is 0.322 e. The molecule has 0 fully saturated rings. The number of hydrogen-bond donors (Lipinski definition) is 7. The Morgan fingerprint density at radius 1 is 1.08 bits per heavy atom. The van der Waals surface area contributed by atoms with Crippen LogP contribution >= 0.6 is 11.8 Å². The van der Waals surface area contributed by atoms with Crippen molar-refractivity contribution in [1.29, 1.82) is 0 Å². The van der Waals surface area contributed by atoms with Crippen LogP contribution in [0.4, 0.5) is 0 Å². The number of nitrogens with two attached hydrogens (primary N) is 1. The summed E-state index contributed by atoms with van der Waals surface area (Å²) < 4.78 is 5.38. The summed E-state index contributed by atoms with van der Waals surface area (Å²) in [6.07, 6.45) is 3.17. The van der Waals surface area contributed by atoms with Crippen molar-refractivity contribution in [2.45, 2.75) is 30.2 Å². The highest BCUT2D eigenvalue weighted by molar-refractivity contribution is 7.99. The summed E-state index contributed by atoms with van der Waals surface area (Å²) in [5, 5.41) is 42.1. The van der Waals surface area contributed by atoms with Gasteiger partial charge in [0, 0.05) is 23.8 Å². The molecule has 0 spiro atoms. The number of ether oxygens (including phenoxy) is 1. The Hall–Kier alpha value is -4.23. The number of methoxy groups -OCH3 is 1. The van der Waals surface area contributed by atoms with Gasteiger partial charge in [0.15, 0.2) is 11.5 Å². The fourth-order valence-corrected chi connectivity index (χ4v) is 4.52. The summed E-state index contributed by atoms with van der Waals surface area (Å²) in [5.74, 6) is -4.50. The molecule has 2 rings (SSSR count). The number of phenols is 2. The van der Waals surface area contributed by atoms with Crippen molar-refractivity contribution >= 4 is 41.6 Å². The van der Waals surface area contributed by atoms with Crippen LogP contribution in [0, 0.1) is 0 Å². The van der Waals surface area contributed by atoms with Gasteiger partial charge in [0.25, 0.3) is 0 Å². The normalized spacial score (nSPS) is 13.3. The van der Waals surface area contributed by atoms with Gasteiger partial charge >= 0.3 is 11.9 Å². The first-order chi connectivity index (χ1) is 18.5. The summed E-state index contributed by atoms with van der Waals surface area (Å²) in [4.78, 5) is 47.1. The van der Waals surface area contributed by atoms with E-state index in [0.717, 1.165) is 5.56 Å². The molecule has 0 saturated carbocycles. The minimum absolute atomic E-state index is 0.0449. The molecule has 0 saturated heterocycles. The van der Waals surface area contributed by atoms with E-state index in [-0.39, 0.29) is 35.8 Å². The van der Waals surface area contributed by atoms with Gasteiger partial charge in [-0.05, 0) is 18.1 Å². The number of hydrogen-bond acceptors (Lipinski definition) is 9. The van der Waals surface area contributed by atoms with E-state index in [0.29, 0.717) is 5.56 Å². The summed E-state index contributed by atoms with van der Waals surface area (Å²) >= 11 is 1.18. The Balaban J connectivity index is 2.31. The Morgan fingerprint density at radius 3 is 2.36 bits per heavy atom. The Labute approximate surface area is 228 Å². The summed E-state index contributed by atoms with van der Waals surface area (Å²) in [6.45, 7) is -0.670. The molecule has 2 aromatic carbocycles. The highest BCUT2D eigenvalue weighted by Crippen LogP contribution is 2.42. The van der Waals surface area contributed by atoms with Crippen molar-refractivity contribution in [2.24, 2.45) is 5.73 Å². The number of phenolic OH excluding ortho intramolecular Hbond substituents is 2. The highest BCUT2D eigenvalue weighted by Gasteiger charge is 2.25. The van der Waals surface area contributed by atoms with Gasteiger partial charge in [-0.25, -0.2) is 0 Å². The van der Waals surface area contributed by atoms with E-state index >= 15 is 0 Å². The lowest BCUT2D eigenvalue weighted by molar-refractivity contribution is -0.139. The maximum absolute atomic E-state index is 12.7. The Morgan fingerprint density at radius 2 is 1.74 bits per heavy atom. The van der Waals surface area contributed by atoms with Crippen molar-refractivity contribution in [3.05, 3.63) is 59.7 Å². The van der Waals surface area contributed by atoms with Crippen LogP contribution in [0.5, 0.6) is 17.2 Å². The smallest absolute Gasteiger partial charge is 0.322 e. The molecule has 0 radical (unpaired) electrons. The molecule has 2 aromatic rings. The number of amides is 2. The number of benzene rings is 2. The number of carbonyl (C=O) groups is 4. The lowest BCUT2D eigenvalue weighted by Crippen LogP contribution is -2.49. The summed E-state index contributed by atoms with van der Waals surface area (Å²) in [7, 11) is 1.39. The number of thioether (sulfide) groups is 1. The van der Waals surface area contributed by atoms with Crippen molar-refractivity contribution in [3.8, 4) is 17.2 Å². The van der Waals surface area contributed by atoms with Crippen molar-refractivity contribution in [2.75, 3.05) is 19.4 Å². The lowest BCUT2D eigenvalue weighted by atomic mass is 10.1. The second kappa shape index (κ2) is 15.2. The molecule has 12 nitrogen and oxygen atoms in total. The number of aliphatic carboxylic acids is 2. The van der Waals surface area contributed by atoms with Crippen LogP contribution in [-0.2, 0) is 19.2 Å². The second-order valence-electron chi connectivity index (χ2n) is 8.32. The van der Waals surface area contributed by atoms with Gasteiger partial charge in [0.05, 0.1) is 12.4 Å². The third-order valence-corrected chi connectivity index (χ3v) is 6.70. The maximum atomic E-state index is 12.7. The first kappa shape index (κ1) is 31.0. The average molecular weight is 562 g/mol. The third-order valence-electron chi connectivity index (χ3n) is 5.40. The molecular weight excluding hydrogens is 530 g/mol. The van der Waals surface area contributed by atoms with Crippen LogP contribution in [0.15, 0.2) is 48.5 Å². The predicted octanol–water partition coefficient (Wildman–Crippen LogP) is 1.47. The van der Waals surface area contributed by atoms with Gasteiger partial charge in [0.2, 0.25) is 11.8 Å². The largest absolute Gasteiger partial charge is 0.504 e. The van der Waals surface area contributed by atoms with Gasteiger partial charge in [-0.15, -0.1) is 11.8 Å². The topological polar surface area (TPSA) is 209 Å². The Kier molecular flexibility index (Phi) is 12.1. The average Bonchev–Trinajstić information content (AvgIpc) is 2.91. The lowest BCUT2D eigenvalue weighted by Gasteiger charge is -2.22. The fourth-order valence-electron chi connectivity index (χ4n) is 3.33. The van der Waals surface area contributed by atoms with Crippen LogP contribution in [0.2, 0.25) is 0 Å². The van der Waals surface area contributed by atoms with E-state index in [9.17, 15) is 29.4 Å². The van der Waals surface area contributed by atoms with E-state index < -0.39 is 47.6 Å². The molecule has 2 amide bonds. The monoisotopic (exact) mass is 561 g/mol. The number of aromatic hydroxyl groups is 2. The van der Waals surface area contributed by atoms with Gasteiger partial charge in [-0.3, -0.25) is 19.2 Å². The minimum Gasteiger partial charge on any atom is -0.504 e. The molecule has 210 valence electrons. The number of nitrogens with one attached hydrogen (secondary N) is 2. The molecule has 8 N–H and O–H groups in total. The van der Waals surface area contributed by atoms with Crippen molar-refractivity contribution in [3.63, 3.8) is 0 Å².